The standard InChI is InChI=1S/C13H15ClN2O3/c14-9-5-8(6-10(15)7-9)12(17)16-4-2-1-3-11(16)13(18)19/h5-7,11H,1-4,15H2,(H,18,19)/t11-/m1/s1. The molecule has 1 aromatic carbocycles. The molecule has 6 heteroatoms. The van der Waals surface area contributed by atoms with E-state index in [2.05, 4.69) is 0 Å². The molecule has 0 bridgehead atoms. The Morgan fingerprint density at radius 1 is 1.32 bits per heavy atom. The first-order valence-electron chi connectivity index (χ1n) is 6.09. The first-order valence-corrected chi connectivity index (χ1v) is 6.46. The lowest BCUT2D eigenvalue weighted by Gasteiger charge is -2.33. The number of carboxylic acid groups (broad SMARTS) is 1. The number of amides is 1. The van der Waals surface area contributed by atoms with E-state index in [-0.39, 0.29) is 5.91 Å². The molecule has 1 aromatic rings. The van der Waals surface area contributed by atoms with Gasteiger partial charge in [0.05, 0.1) is 0 Å². The van der Waals surface area contributed by atoms with Crippen molar-refractivity contribution in [3.05, 3.63) is 28.8 Å². The molecule has 19 heavy (non-hydrogen) atoms. The van der Waals surface area contributed by atoms with E-state index in [1.165, 1.54) is 17.0 Å². The maximum Gasteiger partial charge on any atom is 0.326 e. The van der Waals surface area contributed by atoms with Gasteiger partial charge >= 0.3 is 5.97 Å². The molecule has 2 rings (SSSR count). The van der Waals surface area contributed by atoms with Crippen molar-refractivity contribution < 1.29 is 14.7 Å². The fourth-order valence-corrected chi connectivity index (χ4v) is 2.58. The van der Waals surface area contributed by atoms with Crippen molar-refractivity contribution >= 4 is 29.2 Å². The van der Waals surface area contributed by atoms with Crippen LogP contribution in [0.25, 0.3) is 0 Å². The zero-order chi connectivity index (χ0) is 14.0. The largest absolute Gasteiger partial charge is 0.480 e. The van der Waals surface area contributed by atoms with Gasteiger partial charge in [-0.3, -0.25) is 4.79 Å². The minimum absolute atomic E-state index is 0.332. The molecule has 102 valence electrons. The Kier molecular flexibility index (Phi) is 3.95. The summed E-state index contributed by atoms with van der Waals surface area (Å²) in [6, 6.07) is 3.81. The average molecular weight is 283 g/mol. The van der Waals surface area contributed by atoms with Crippen molar-refractivity contribution in [2.75, 3.05) is 12.3 Å². The van der Waals surface area contributed by atoms with Crippen molar-refractivity contribution in [1.29, 1.82) is 0 Å². The molecule has 0 aliphatic carbocycles. The van der Waals surface area contributed by atoms with Gasteiger partial charge in [0, 0.05) is 22.8 Å². The number of carboxylic acids is 1. The zero-order valence-corrected chi connectivity index (χ0v) is 11.1. The monoisotopic (exact) mass is 282 g/mol. The number of hydrogen-bond donors (Lipinski definition) is 2. The van der Waals surface area contributed by atoms with Crippen LogP contribution in [-0.4, -0.2) is 34.5 Å². The average Bonchev–Trinajstić information content (AvgIpc) is 2.36. The second-order valence-electron chi connectivity index (χ2n) is 4.62. The van der Waals surface area contributed by atoms with Crippen LogP contribution < -0.4 is 5.73 Å². The molecule has 1 aliphatic rings. The maximum absolute atomic E-state index is 12.4. The summed E-state index contributed by atoms with van der Waals surface area (Å²) in [6.07, 6.45) is 2.11. The van der Waals surface area contributed by atoms with Gasteiger partial charge in [-0.05, 0) is 37.5 Å². The Balaban J connectivity index is 2.28. The van der Waals surface area contributed by atoms with Gasteiger partial charge in [0.1, 0.15) is 6.04 Å². The zero-order valence-electron chi connectivity index (χ0n) is 10.3. The highest BCUT2D eigenvalue weighted by Gasteiger charge is 2.32. The van der Waals surface area contributed by atoms with Crippen LogP contribution in [0.5, 0.6) is 0 Å². The van der Waals surface area contributed by atoms with Crippen LogP contribution in [0.4, 0.5) is 5.69 Å². The van der Waals surface area contributed by atoms with E-state index in [1.54, 1.807) is 6.07 Å². The maximum atomic E-state index is 12.4. The number of carbonyl (C=O) groups is 2. The van der Waals surface area contributed by atoms with Gasteiger partial charge in [-0.15, -0.1) is 0 Å². The molecule has 1 atom stereocenters. The Labute approximate surface area is 116 Å². The molecule has 0 unspecified atom stereocenters. The third kappa shape index (κ3) is 2.98. The lowest BCUT2D eigenvalue weighted by Crippen LogP contribution is -2.48. The molecule has 1 heterocycles. The molecule has 1 saturated heterocycles. The molecule has 0 spiro atoms. The molecule has 1 fully saturated rings. The Morgan fingerprint density at radius 2 is 2.05 bits per heavy atom. The fourth-order valence-electron chi connectivity index (χ4n) is 2.33. The van der Waals surface area contributed by atoms with Crippen molar-refractivity contribution in [2.45, 2.75) is 25.3 Å². The number of nitrogen functional groups attached to an aromatic ring is 1. The molecule has 0 aromatic heterocycles. The summed E-state index contributed by atoms with van der Waals surface area (Å²) in [6.45, 7) is 0.447. The first kappa shape index (κ1) is 13.7. The summed E-state index contributed by atoms with van der Waals surface area (Å²) in [4.78, 5) is 24.9. The van der Waals surface area contributed by atoms with E-state index < -0.39 is 12.0 Å². The minimum Gasteiger partial charge on any atom is -0.480 e. The van der Waals surface area contributed by atoms with Crippen molar-refractivity contribution in [3.8, 4) is 0 Å². The summed E-state index contributed by atoms with van der Waals surface area (Å²) in [5.74, 6) is -1.30. The molecule has 0 radical (unpaired) electrons. The van der Waals surface area contributed by atoms with E-state index in [1.807, 2.05) is 0 Å². The second-order valence-corrected chi connectivity index (χ2v) is 5.06. The van der Waals surface area contributed by atoms with Gasteiger partial charge in [0.25, 0.3) is 5.91 Å². The summed E-state index contributed by atoms with van der Waals surface area (Å²) >= 11 is 5.86. The predicted molar refractivity (Wildman–Crippen MR) is 72.2 cm³/mol. The number of nitrogens with zero attached hydrogens (tertiary/aromatic N) is 1. The lowest BCUT2D eigenvalue weighted by atomic mass is 10.0. The normalized spacial score (nSPS) is 19.2. The highest BCUT2D eigenvalue weighted by Crippen LogP contribution is 2.23. The van der Waals surface area contributed by atoms with E-state index in [0.717, 1.165) is 12.8 Å². The lowest BCUT2D eigenvalue weighted by molar-refractivity contribution is -0.143. The summed E-state index contributed by atoms with van der Waals surface area (Å²) in [7, 11) is 0. The van der Waals surface area contributed by atoms with E-state index in [9.17, 15) is 9.59 Å². The van der Waals surface area contributed by atoms with Crippen LogP contribution in [0, 0.1) is 0 Å². The van der Waals surface area contributed by atoms with Crippen molar-refractivity contribution in [2.24, 2.45) is 0 Å². The van der Waals surface area contributed by atoms with Gasteiger partial charge < -0.3 is 15.7 Å². The highest BCUT2D eigenvalue weighted by atomic mass is 35.5. The first-order chi connectivity index (χ1) is 8.99. The Morgan fingerprint density at radius 3 is 2.68 bits per heavy atom. The topological polar surface area (TPSA) is 83.6 Å². The number of carbonyl (C=O) groups excluding carboxylic acids is 1. The number of nitrogens with two attached hydrogens (primary N) is 1. The summed E-state index contributed by atoms with van der Waals surface area (Å²) in [5, 5.41) is 9.54. The predicted octanol–water partition coefficient (Wildman–Crippen LogP) is 2.00. The minimum atomic E-state index is -0.969. The third-order valence-electron chi connectivity index (χ3n) is 3.22. The van der Waals surface area contributed by atoms with E-state index in [0.29, 0.717) is 29.2 Å². The fraction of sp³-hybridized carbons (Fsp3) is 0.385. The van der Waals surface area contributed by atoms with Gasteiger partial charge in [0.2, 0.25) is 0 Å². The molecule has 1 aliphatic heterocycles. The number of anilines is 1. The number of aliphatic carboxylic acids is 1. The summed E-state index contributed by atoms with van der Waals surface area (Å²) < 4.78 is 0. The van der Waals surface area contributed by atoms with Gasteiger partial charge in [-0.1, -0.05) is 11.6 Å². The van der Waals surface area contributed by atoms with Gasteiger partial charge in [-0.25, -0.2) is 4.79 Å². The van der Waals surface area contributed by atoms with Crippen molar-refractivity contribution in [1.82, 2.24) is 4.90 Å². The van der Waals surface area contributed by atoms with Crippen molar-refractivity contribution in [3.63, 3.8) is 0 Å². The molecular formula is C13H15ClN2O3. The third-order valence-corrected chi connectivity index (χ3v) is 3.43. The SMILES string of the molecule is Nc1cc(Cl)cc(C(=O)N2CCCC[C@@H]2C(=O)O)c1. The number of rotatable bonds is 2. The van der Waals surface area contributed by atoms with Crippen LogP contribution in [0.3, 0.4) is 0 Å². The highest BCUT2D eigenvalue weighted by molar-refractivity contribution is 6.31. The number of halogens is 1. The number of piperidine rings is 1. The van der Waals surface area contributed by atoms with E-state index in [4.69, 9.17) is 22.4 Å². The van der Waals surface area contributed by atoms with Crippen LogP contribution in [0.15, 0.2) is 18.2 Å². The molecule has 1 amide bonds. The number of likely N-dealkylation sites (tertiary alicyclic amines) is 1. The summed E-state index contributed by atoms with van der Waals surface area (Å²) in [5.41, 5.74) is 6.37. The van der Waals surface area contributed by atoms with E-state index >= 15 is 0 Å². The molecular weight excluding hydrogens is 268 g/mol. The van der Waals surface area contributed by atoms with Gasteiger partial charge in [0.15, 0.2) is 0 Å². The quantitative estimate of drug-likeness (QED) is 0.813. The number of benzene rings is 1. The Bertz CT molecular complexity index is 498. The van der Waals surface area contributed by atoms with Crippen LogP contribution in [-0.2, 0) is 4.79 Å². The number of hydrogen-bond acceptors (Lipinski definition) is 3. The Hall–Kier alpha value is -1.75. The smallest absolute Gasteiger partial charge is 0.326 e. The van der Waals surface area contributed by atoms with Gasteiger partial charge in [-0.2, -0.15) is 0 Å². The second kappa shape index (κ2) is 5.48. The molecule has 3 N–H and O–H groups in total. The molecule has 0 saturated carbocycles. The van der Waals surface area contributed by atoms with Crippen LogP contribution in [0.1, 0.15) is 29.6 Å². The molecule has 5 nitrogen and oxygen atoms in total. The van der Waals surface area contributed by atoms with Crippen LogP contribution >= 0.6 is 11.6 Å². The van der Waals surface area contributed by atoms with Crippen LogP contribution in [0.2, 0.25) is 5.02 Å².